The van der Waals surface area contributed by atoms with E-state index in [-0.39, 0.29) is 17.9 Å². The van der Waals surface area contributed by atoms with Gasteiger partial charge in [0.25, 0.3) is 5.91 Å². The molecule has 0 unspecified atom stereocenters. The first-order valence-electron chi connectivity index (χ1n) is 5.60. The summed E-state index contributed by atoms with van der Waals surface area (Å²) >= 11 is 0. The van der Waals surface area contributed by atoms with E-state index in [2.05, 4.69) is 10.1 Å². The highest BCUT2D eigenvalue weighted by atomic mass is 19.4. The Kier molecular flexibility index (Phi) is 3.97. The standard InChI is InChI=1S/C13H10F3NO3/c14-13(15,16)20-10-5-3-9(4-6-10)12(18)17-8-11-2-1-7-19-11/h1-7H,8H2,(H,17,18). The number of benzene rings is 1. The molecule has 1 heterocycles. The molecule has 0 bridgehead atoms. The zero-order valence-electron chi connectivity index (χ0n) is 10.1. The SMILES string of the molecule is O=C(NCc1ccco1)c1ccc(OC(F)(F)F)cc1. The second kappa shape index (κ2) is 5.68. The molecular weight excluding hydrogens is 275 g/mol. The molecule has 1 N–H and O–H groups in total. The van der Waals surface area contributed by atoms with Gasteiger partial charge < -0.3 is 14.5 Å². The summed E-state index contributed by atoms with van der Waals surface area (Å²) in [5.41, 5.74) is 0.228. The monoisotopic (exact) mass is 285 g/mol. The average molecular weight is 285 g/mol. The van der Waals surface area contributed by atoms with Crippen LogP contribution >= 0.6 is 0 Å². The molecule has 0 saturated carbocycles. The summed E-state index contributed by atoms with van der Waals surface area (Å²) in [6.45, 7) is 0.201. The van der Waals surface area contributed by atoms with Crippen LogP contribution in [0.2, 0.25) is 0 Å². The maximum Gasteiger partial charge on any atom is 0.573 e. The number of carbonyl (C=O) groups excluding carboxylic acids is 1. The van der Waals surface area contributed by atoms with Crippen molar-refractivity contribution in [3.63, 3.8) is 0 Å². The summed E-state index contributed by atoms with van der Waals surface area (Å²) in [5.74, 6) is -0.213. The van der Waals surface area contributed by atoms with Gasteiger partial charge in [0.2, 0.25) is 0 Å². The molecule has 0 aliphatic heterocycles. The lowest BCUT2D eigenvalue weighted by Crippen LogP contribution is -2.22. The Balaban J connectivity index is 1.93. The van der Waals surface area contributed by atoms with Gasteiger partial charge in [-0.25, -0.2) is 0 Å². The highest BCUT2D eigenvalue weighted by molar-refractivity contribution is 5.94. The van der Waals surface area contributed by atoms with Crippen molar-refractivity contribution in [1.29, 1.82) is 0 Å². The van der Waals surface area contributed by atoms with E-state index in [0.29, 0.717) is 5.76 Å². The smallest absolute Gasteiger partial charge is 0.467 e. The first-order chi connectivity index (χ1) is 9.44. The Morgan fingerprint density at radius 3 is 2.45 bits per heavy atom. The van der Waals surface area contributed by atoms with Crippen LogP contribution in [0, 0.1) is 0 Å². The number of nitrogens with one attached hydrogen (secondary N) is 1. The quantitative estimate of drug-likeness (QED) is 0.939. The van der Waals surface area contributed by atoms with Crippen LogP contribution in [0.25, 0.3) is 0 Å². The Bertz CT molecular complexity index is 562. The lowest BCUT2D eigenvalue weighted by atomic mass is 10.2. The zero-order valence-corrected chi connectivity index (χ0v) is 10.1. The second-order valence-electron chi connectivity index (χ2n) is 3.83. The highest BCUT2D eigenvalue weighted by Crippen LogP contribution is 2.22. The van der Waals surface area contributed by atoms with Crippen molar-refractivity contribution in [2.24, 2.45) is 0 Å². The lowest BCUT2D eigenvalue weighted by molar-refractivity contribution is -0.274. The maximum atomic E-state index is 12.0. The van der Waals surface area contributed by atoms with E-state index in [1.807, 2.05) is 0 Å². The number of alkyl halides is 3. The molecule has 1 amide bonds. The van der Waals surface area contributed by atoms with Gasteiger partial charge in [-0.2, -0.15) is 0 Å². The molecule has 0 aliphatic carbocycles. The Labute approximate surface area is 112 Å². The van der Waals surface area contributed by atoms with Gasteiger partial charge in [-0.3, -0.25) is 4.79 Å². The molecule has 0 aliphatic rings. The minimum atomic E-state index is -4.75. The fourth-order valence-corrected chi connectivity index (χ4v) is 1.49. The fraction of sp³-hybridized carbons (Fsp3) is 0.154. The van der Waals surface area contributed by atoms with E-state index < -0.39 is 12.3 Å². The van der Waals surface area contributed by atoms with Crippen molar-refractivity contribution < 1.29 is 27.1 Å². The molecule has 0 spiro atoms. The third-order valence-corrected chi connectivity index (χ3v) is 2.35. The highest BCUT2D eigenvalue weighted by Gasteiger charge is 2.31. The van der Waals surface area contributed by atoms with Crippen molar-refractivity contribution in [1.82, 2.24) is 5.32 Å². The van der Waals surface area contributed by atoms with Crippen molar-refractivity contribution in [2.45, 2.75) is 12.9 Å². The van der Waals surface area contributed by atoms with E-state index in [9.17, 15) is 18.0 Å². The van der Waals surface area contributed by atoms with E-state index in [4.69, 9.17) is 4.42 Å². The van der Waals surface area contributed by atoms with Gasteiger partial charge in [-0.15, -0.1) is 13.2 Å². The maximum absolute atomic E-state index is 12.0. The summed E-state index contributed by atoms with van der Waals surface area (Å²) in [6.07, 6.45) is -3.27. The van der Waals surface area contributed by atoms with E-state index in [1.165, 1.54) is 18.4 Å². The molecule has 2 aromatic rings. The molecule has 20 heavy (non-hydrogen) atoms. The van der Waals surface area contributed by atoms with Crippen LogP contribution in [0.5, 0.6) is 5.75 Å². The average Bonchev–Trinajstić information content (AvgIpc) is 2.88. The number of hydrogen-bond donors (Lipinski definition) is 1. The summed E-state index contributed by atoms with van der Waals surface area (Å²) in [5, 5.41) is 2.57. The largest absolute Gasteiger partial charge is 0.573 e. The van der Waals surface area contributed by atoms with Crippen molar-refractivity contribution in [2.75, 3.05) is 0 Å². The number of halogens is 3. The molecule has 2 rings (SSSR count). The number of ether oxygens (including phenoxy) is 1. The first kappa shape index (κ1) is 14.0. The summed E-state index contributed by atoms with van der Waals surface area (Å²) in [6, 6.07) is 8.03. The number of amides is 1. The molecule has 0 atom stereocenters. The molecular formula is C13H10F3NO3. The van der Waals surface area contributed by atoms with E-state index in [1.54, 1.807) is 12.1 Å². The summed E-state index contributed by atoms with van der Waals surface area (Å²) in [7, 11) is 0. The Morgan fingerprint density at radius 2 is 1.90 bits per heavy atom. The first-order valence-corrected chi connectivity index (χ1v) is 5.60. The van der Waals surface area contributed by atoms with Crippen LogP contribution in [0.1, 0.15) is 16.1 Å². The molecule has 0 fully saturated rings. The van der Waals surface area contributed by atoms with Crippen molar-refractivity contribution in [3.05, 3.63) is 54.0 Å². The zero-order chi connectivity index (χ0) is 14.6. The molecule has 7 heteroatoms. The van der Waals surface area contributed by atoms with Crippen LogP contribution in [-0.4, -0.2) is 12.3 Å². The van der Waals surface area contributed by atoms with Crippen molar-refractivity contribution >= 4 is 5.91 Å². The molecule has 0 radical (unpaired) electrons. The third-order valence-electron chi connectivity index (χ3n) is 2.35. The molecule has 0 saturated heterocycles. The van der Waals surface area contributed by atoms with Crippen LogP contribution in [-0.2, 0) is 6.54 Å². The fourth-order valence-electron chi connectivity index (χ4n) is 1.49. The number of rotatable bonds is 4. The van der Waals surface area contributed by atoms with Gasteiger partial charge in [0.05, 0.1) is 12.8 Å². The number of furan rings is 1. The normalized spacial score (nSPS) is 11.2. The van der Waals surface area contributed by atoms with E-state index >= 15 is 0 Å². The predicted octanol–water partition coefficient (Wildman–Crippen LogP) is 3.11. The van der Waals surface area contributed by atoms with Gasteiger partial charge in [-0.1, -0.05) is 0 Å². The van der Waals surface area contributed by atoms with Crippen LogP contribution < -0.4 is 10.1 Å². The number of hydrogen-bond acceptors (Lipinski definition) is 3. The lowest BCUT2D eigenvalue weighted by Gasteiger charge is -2.09. The van der Waals surface area contributed by atoms with Gasteiger partial charge in [0.1, 0.15) is 11.5 Å². The topological polar surface area (TPSA) is 51.5 Å². The molecule has 4 nitrogen and oxygen atoms in total. The van der Waals surface area contributed by atoms with Gasteiger partial charge in [0, 0.05) is 5.56 Å². The molecule has 106 valence electrons. The molecule has 1 aromatic carbocycles. The van der Waals surface area contributed by atoms with Gasteiger partial charge in [-0.05, 0) is 36.4 Å². The van der Waals surface area contributed by atoms with Crippen LogP contribution in [0.3, 0.4) is 0 Å². The van der Waals surface area contributed by atoms with Crippen LogP contribution in [0.4, 0.5) is 13.2 Å². The third kappa shape index (κ3) is 4.04. The predicted molar refractivity (Wildman–Crippen MR) is 63.0 cm³/mol. The summed E-state index contributed by atoms with van der Waals surface area (Å²) in [4.78, 5) is 11.7. The Morgan fingerprint density at radius 1 is 1.20 bits per heavy atom. The second-order valence-corrected chi connectivity index (χ2v) is 3.83. The minimum absolute atomic E-state index is 0.201. The van der Waals surface area contributed by atoms with Crippen molar-refractivity contribution in [3.8, 4) is 5.75 Å². The van der Waals surface area contributed by atoms with Crippen LogP contribution in [0.15, 0.2) is 47.1 Å². The van der Waals surface area contributed by atoms with Gasteiger partial charge in [0.15, 0.2) is 0 Å². The summed E-state index contributed by atoms with van der Waals surface area (Å²) < 4.78 is 44.6. The molecule has 1 aromatic heterocycles. The number of carbonyl (C=O) groups is 1. The Hall–Kier alpha value is -2.44. The van der Waals surface area contributed by atoms with E-state index in [0.717, 1.165) is 12.1 Å². The van der Waals surface area contributed by atoms with Gasteiger partial charge >= 0.3 is 6.36 Å². The minimum Gasteiger partial charge on any atom is -0.467 e.